The molecule has 9 nitrogen and oxygen atoms in total. The van der Waals surface area contributed by atoms with Gasteiger partial charge in [0.2, 0.25) is 0 Å². The van der Waals surface area contributed by atoms with Crippen molar-refractivity contribution in [2.75, 3.05) is 19.7 Å². The zero-order chi connectivity index (χ0) is 27.1. The molecule has 3 aromatic rings. The van der Waals surface area contributed by atoms with Crippen LogP contribution < -0.4 is 10.6 Å². The van der Waals surface area contributed by atoms with Crippen LogP contribution in [0.25, 0.3) is 11.1 Å². The summed E-state index contributed by atoms with van der Waals surface area (Å²) >= 11 is 0. The first-order valence-corrected chi connectivity index (χ1v) is 12.9. The summed E-state index contributed by atoms with van der Waals surface area (Å²) < 4.78 is 0. The largest absolute Gasteiger partial charge is 0.504 e. The molecule has 1 saturated heterocycles. The predicted molar refractivity (Wildman–Crippen MR) is 143 cm³/mol. The Morgan fingerprint density at radius 1 is 1.05 bits per heavy atom. The molecule has 0 aliphatic carbocycles. The van der Waals surface area contributed by atoms with E-state index >= 15 is 0 Å². The van der Waals surface area contributed by atoms with Crippen LogP contribution in [0.4, 0.5) is 0 Å². The van der Waals surface area contributed by atoms with Crippen molar-refractivity contribution < 1.29 is 24.9 Å². The molecule has 0 radical (unpaired) electrons. The number of hydrogen-bond acceptors (Lipinski definition) is 7. The summed E-state index contributed by atoms with van der Waals surface area (Å²) in [6, 6.07) is 17.2. The monoisotopic (exact) mass is 518 g/mol. The number of amides is 1. The first kappa shape index (κ1) is 27.2. The van der Waals surface area contributed by atoms with E-state index in [4.69, 9.17) is 10.2 Å². The van der Waals surface area contributed by atoms with Crippen molar-refractivity contribution in [2.45, 2.75) is 45.1 Å². The summed E-state index contributed by atoms with van der Waals surface area (Å²) in [5, 5.41) is 33.9. The number of piperidine rings is 1. The van der Waals surface area contributed by atoms with Gasteiger partial charge in [-0.1, -0.05) is 48.5 Å². The van der Waals surface area contributed by atoms with Gasteiger partial charge < -0.3 is 26.0 Å². The first-order valence-electron chi connectivity index (χ1n) is 12.9. The average molecular weight is 519 g/mol. The molecule has 5 N–H and O–H groups in total. The molecule has 2 heterocycles. The Hall–Kier alpha value is -3.82. The van der Waals surface area contributed by atoms with Crippen molar-refractivity contribution in [3.63, 3.8) is 0 Å². The third-order valence-electron chi connectivity index (χ3n) is 6.93. The van der Waals surface area contributed by atoms with Crippen LogP contribution in [0.5, 0.6) is 5.75 Å². The maximum absolute atomic E-state index is 12.3. The van der Waals surface area contributed by atoms with Gasteiger partial charge in [0.1, 0.15) is 12.4 Å². The lowest BCUT2D eigenvalue weighted by Gasteiger charge is -2.30. The van der Waals surface area contributed by atoms with Crippen LogP contribution in [0.2, 0.25) is 0 Å². The van der Waals surface area contributed by atoms with Crippen molar-refractivity contribution in [1.82, 2.24) is 20.6 Å². The van der Waals surface area contributed by atoms with Crippen LogP contribution in [-0.4, -0.2) is 56.9 Å². The van der Waals surface area contributed by atoms with Crippen LogP contribution in [0, 0.1) is 12.8 Å². The summed E-state index contributed by atoms with van der Waals surface area (Å²) in [5.74, 6) is -1.50. The SMILES string of the molecule is Cc1nc(CC2CCNC(c3ccc(-c4ccc(CCCO)cc4)cc3)C2)nc(C(=O)NCC(=O)O)c1O. The number of carbonyl (C=O) groups excluding carboxylic acids is 1. The number of aliphatic hydroxyl groups excluding tert-OH is 1. The number of carboxylic acid groups (broad SMARTS) is 1. The van der Waals surface area contributed by atoms with Gasteiger partial charge in [0.05, 0.1) is 5.69 Å². The topological polar surface area (TPSA) is 145 Å². The fraction of sp³-hybridized carbons (Fsp3) is 0.379. The lowest BCUT2D eigenvalue weighted by Crippen LogP contribution is -2.33. The molecule has 1 fully saturated rings. The van der Waals surface area contributed by atoms with Gasteiger partial charge in [-0.15, -0.1) is 0 Å². The van der Waals surface area contributed by atoms with Crippen LogP contribution in [0.1, 0.15) is 58.4 Å². The van der Waals surface area contributed by atoms with Crippen LogP contribution >= 0.6 is 0 Å². The zero-order valence-electron chi connectivity index (χ0n) is 21.5. The second-order valence-electron chi connectivity index (χ2n) is 9.75. The molecule has 1 amide bonds. The van der Waals surface area contributed by atoms with E-state index in [0.717, 1.165) is 43.4 Å². The van der Waals surface area contributed by atoms with Gasteiger partial charge in [0.25, 0.3) is 5.91 Å². The highest BCUT2D eigenvalue weighted by molar-refractivity contribution is 5.96. The highest BCUT2D eigenvalue weighted by atomic mass is 16.4. The van der Waals surface area contributed by atoms with Crippen LogP contribution in [0.15, 0.2) is 48.5 Å². The molecular weight excluding hydrogens is 484 g/mol. The Labute approximate surface area is 222 Å². The number of carboxylic acids is 1. The standard InChI is InChI=1S/C29H34N4O5/c1-18-28(37)27(29(38)31-17-26(35)36)33-25(32-18)16-20-12-13-30-24(15-20)23-10-8-22(9-11-23)21-6-4-19(5-7-21)3-2-14-34/h4-11,20,24,30,34,37H,2-3,12-17H2,1H3,(H,31,38)(H,35,36). The average Bonchev–Trinajstić information content (AvgIpc) is 2.93. The van der Waals surface area contributed by atoms with E-state index in [2.05, 4.69) is 69.1 Å². The van der Waals surface area contributed by atoms with Crippen molar-refractivity contribution in [3.8, 4) is 16.9 Å². The molecule has 1 aromatic heterocycles. The number of aliphatic hydroxyl groups is 1. The maximum Gasteiger partial charge on any atom is 0.322 e. The second-order valence-corrected chi connectivity index (χ2v) is 9.75. The Balaban J connectivity index is 1.41. The Morgan fingerprint density at radius 3 is 2.39 bits per heavy atom. The molecule has 1 aliphatic rings. The Morgan fingerprint density at radius 2 is 1.74 bits per heavy atom. The van der Waals surface area contributed by atoms with Gasteiger partial charge in [-0.25, -0.2) is 9.97 Å². The lowest BCUT2D eigenvalue weighted by molar-refractivity contribution is -0.135. The van der Waals surface area contributed by atoms with Crippen LogP contribution in [-0.2, 0) is 17.6 Å². The number of hydrogen-bond donors (Lipinski definition) is 5. The fourth-order valence-electron chi connectivity index (χ4n) is 4.86. The molecule has 4 rings (SSSR count). The quantitative estimate of drug-likeness (QED) is 0.275. The van der Waals surface area contributed by atoms with Crippen molar-refractivity contribution in [3.05, 3.63) is 76.9 Å². The molecule has 38 heavy (non-hydrogen) atoms. The number of aliphatic carboxylic acids is 1. The van der Waals surface area contributed by atoms with E-state index in [-0.39, 0.29) is 35.7 Å². The van der Waals surface area contributed by atoms with Gasteiger partial charge in [0, 0.05) is 19.1 Å². The van der Waals surface area contributed by atoms with E-state index in [9.17, 15) is 14.7 Å². The minimum Gasteiger partial charge on any atom is -0.504 e. The molecule has 0 bridgehead atoms. The Bertz CT molecular complexity index is 1260. The van der Waals surface area contributed by atoms with E-state index in [1.54, 1.807) is 6.92 Å². The highest BCUT2D eigenvalue weighted by Gasteiger charge is 2.25. The summed E-state index contributed by atoms with van der Waals surface area (Å²) in [5.41, 5.74) is 4.82. The van der Waals surface area contributed by atoms with Gasteiger partial charge >= 0.3 is 5.97 Å². The lowest BCUT2D eigenvalue weighted by atomic mass is 9.86. The van der Waals surface area contributed by atoms with Crippen LogP contribution in [0.3, 0.4) is 0 Å². The third-order valence-corrected chi connectivity index (χ3v) is 6.93. The van der Waals surface area contributed by atoms with E-state index in [1.807, 2.05) is 0 Å². The minimum absolute atomic E-state index is 0.181. The maximum atomic E-state index is 12.3. The molecule has 200 valence electrons. The Kier molecular flexibility index (Phi) is 9.04. The molecule has 9 heteroatoms. The number of nitrogens with one attached hydrogen (secondary N) is 2. The number of nitrogens with zero attached hydrogens (tertiary/aromatic N) is 2. The third kappa shape index (κ3) is 6.93. The van der Waals surface area contributed by atoms with Crippen molar-refractivity contribution in [2.24, 2.45) is 5.92 Å². The van der Waals surface area contributed by atoms with E-state index < -0.39 is 18.4 Å². The van der Waals surface area contributed by atoms with Gasteiger partial charge in [-0.3, -0.25) is 9.59 Å². The number of benzene rings is 2. The summed E-state index contributed by atoms with van der Waals surface area (Å²) in [4.78, 5) is 31.8. The summed E-state index contributed by atoms with van der Waals surface area (Å²) in [7, 11) is 0. The summed E-state index contributed by atoms with van der Waals surface area (Å²) in [6.45, 7) is 2.09. The minimum atomic E-state index is -1.18. The van der Waals surface area contributed by atoms with Gasteiger partial charge in [-0.2, -0.15) is 0 Å². The number of carbonyl (C=O) groups is 2. The van der Waals surface area contributed by atoms with Crippen molar-refractivity contribution in [1.29, 1.82) is 0 Å². The van der Waals surface area contributed by atoms with Gasteiger partial charge in [-0.05, 0) is 67.3 Å². The molecule has 0 saturated carbocycles. The molecule has 2 unspecified atom stereocenters. The molecule has 1 aliphatic heterocycles. The summed E-state index contributed by atoms with van der Waals surface area (Å²) in [6.07, 6.45) is 4.01. The van der Waals surface area contributed by atoms with Crippen molar-refractivity contribution >= 4 is 11.9 Å². The number of aromatic nitrogens is 2. The number of rotatable bonds is 10. The smallest absolute Gasteiger partial charge is 0.322 e. The molecular formula is C29H34N4O5. The predicted octanol–water partition coefficient (Wildman–Crippen LogP) is 3.18. The normalized spacial score (nSPS) is 17.2. The number of aromatic hydroxyl groups is 1. The van der Waals surface area contributed by atoms with E-state index in [1.165, 1.54) is 11.1 Å². The van der Waals surface area contributed by atoms with E-state index in [0.29, 0.717) is 12.2 Å². The molecule has 2 aromatic carbocycles. The van der Waals surface area contributed by atoms with Gasteiger partial charge in [0.15, 0.2) is 11.4 Å². The highest BCUT2D eigenvalue weighted by Crippen LogP contribution is 2.31. The number of aryl methyl sites for hydroxylation is 2. The fourth-order valence-corrected chi connectivity index (χ4v) is 4.86. The molecule has 2 atom stereocenters. The first-order chi connectivity index (χ1) is 18.3. The second kappa shape index (κ2) is 12.6. The molecule has 0 spiro atoms. The zero-order valence-corrected chi connectivity index (χ0v) is 21.5.